The molecule has 1 aromatic heterocycles. The highest BCUT2D eigenvalue weighted by molar-refractivity contribution is 5.76. The van der Waals surface area contributed by atoms with E-state index < -0.39 is 0 Å². The molecule has 1 heterocycles. The van der Waals surface area contributed by atoms with E-state index in [1.807, 2.05) is 10.8 Å². The summed E-state index contributed by atoms with van der Waals surface area (Å²) < 4.78 is 2.02. The van der Waals surface area contributed by atoms with Crippen molar-refractivity contribution in [1.82, 2.24) is 14.9 Å². The fraction of sp³-hybridized carbons (Fsp3) is 0.733. The molecule has 112 valence electrons. The first-order valence-electron chi connectivity index (χ1n) is 7.64. The average Bonchev–Trinajstić information content (AvgIpc) is 2.95. The summed E-state index contributed by atoms with van der Waals surface area (Å²) in [5.41, 5.74) is 0. The Kier molecular flexibility index (Phi) is 5.59. The Morgan fingerprint density at radius 2 is 2.20 bits per heavy atom. The van der Waals surface area contributed by atoms with Crippen LogP contribution >= 0.6 is 0 Å². The van der Waals surface area contributed by atoms with Crippen LogP contribution in [0.4, 0.5) is 0 Å². The van der Waals surface area contributed by atoms with Crippen molar-refractivity contribution in [2.45, 2.75) is 70.1 Å². The van der Waals surface area contributed by atoms with Gasteiger partial charge in [0.15, 0.2) is 0 Å². The summed E-state index contributed by atoms with van der Waals surface area (Å²) >= 11 is 0. The summed E-state index contributed by atoms with van der Waals surface area (Å²) in [5, 5.41) is 12.6. The number of carbonyl (C=O) groups is 1. The highest BCUT2D eigenvalue weighted by Crippen LogP contribution is 2.20. The van der Waals surface area contributed by atoms with Crippen LogP contribution in [0.1, 0.15) is 57.9 Å². The van der Waals surface area contributed by atoms with Gasteiger partial charge in [0.05, 0.1) is 12.4 Å². The molecule has 1 unspecified atom stereocenters. The Morgan fingerprint density at radius 3 is 2.80 bits per heavy atom. The Morgan fingerprint density at radius 1 is 1.45 bits per heavy atom. The molecule has 1 fully saturated rings. The third-order valence-electron chi connectivity index (χ3n) is 4.05. The first-order chi connectivity index (χ1) is 9.69. The van der Waals surface area contributed by atoms with Gasteiger partial charge in [0.1, 0.15) is 0 Å². The fourth-order valence-corrected chi connectivity index (χ4v) is 2.90. The predicted molar refractivity (Wildman–Crippen MR) is 77.2 cm³/mol. The number of amides is 1. The predicted octanol–water partition coefficient (Wildman–Crippen LogP) is 2.03. The lowest BCUT2D eigenvalue weighted by atomic mass is 9.93. The van der Waals surface area contributed by atoms with E-state index in [1.165, 1.54) is 0 Å². The van der Waals surface area contributed by atoms with Gasteiger partial charge >= 0.3 is 0 Å². The molecule has 1 aromatic rings. The maximum atomic E-state index is 12.2. The Balaban J connectivity index is 1.82. The lowest BCUT2D eigenvalue weighted by Gasteiger charge is -2.27. The molecular weight excluding hydrogens is 254 g/mol. The fourth-order valence-electron chi connectivity index (χ4n) is 2.90. The standard InChI is InChI=1S/C15H25N3O2/c1-2-3-13(18-9-8-16-11-18)10-15(20)17-12-4-6-14(19)7-5-12/h8-9,11-14,19H,2-7,10H2,1H3,(H,17,20). The first-order valence-corrected chi connectivity index (χ1v) is 7.64. The van der Waals surface area contributed by atoms with Crippen LogP contribution in [-0.2, 0) is 4.79 Å². The average molecular weight is 279 g/mol. The molecule has 1 aliphatic rings. The Labute approximate surface area is 120 Å². The summed E-state index contributed by atoms with van der Waals surface area (Å²) in [4.78, 5) is 16.2. The molecule has 0 aromatic carbocycles. The van der Waals surface area contributed by atoms with Crippen molar-refractivity contribution < 1.29 is 9.90 Å². The number of nitrogens with one attached hydrogen (secondary N) is 1. The summed E-state index contributed by atoms with van der Waals surface area (Å²) in [6.07, 6.45) is 11.2. The zero-order chi connectivity index (χ0) is 14.4. The van der Waals surface area contributed by atoms with Gasteiger partial charge < -0.3 is 15.0 Å². The molecule has 0 spiro atoms. The highest BCUT2D eigenvalue weighted by atomic mass is 16.3. The lowest BCUT2D eigenvalue weighted by molar-refractivity contribution is -0.123. The maximum absolute atomic E-state index is 12.2. The van der Waals surface area contributed by atoms with Crippen LogP contribution in [0.15, 0.2) is 18.7 Å². The van der Waals surface area contributed by atoms with Gasteiger partial charge in [0.2, 0.25) is 5.91 Å². The Bertz CT molecular complexity index is 397. The van der Waals surface area contributed by atoms with Gasteiger partial charge in [-0.05, 0) is 32.1 Å². The number of imidazole rings is 1. The summed E-state index contributed by atoms with van der Waals surface area (Å²) in [5.74, 6) is 0.110. The summed E-state index contributed by atoms with van der Waals surface area (Å²) in [7, 11) is 0. The molecule has 0 bridgehead atoms. The molecule has 0 radical (unpaired) electrons. The van der Waals surface area contributed by atoms with Crippen molar-refractivity contribution in [2.75, 3.05) is 0 Å². The van der Waals surface area contributed by atoms with Crippen LogP contribution in [-0.4, -0.2) is 32.7 Å². The van der Waals surface area contributed by atoms with E-state index in [0.717, 1.165) is 38.5 Å². The van der Waals surface area contributed by atoms with Gasteiger partial charge in [-0.3, -0.25) is 4.79 Å². The summed E-state index contributed by atoms with van der Waals surface area (Å²) in [6.45, 7) is 2.13. The van der Waals surface area contributed by atoms with Gasteiger partial charge in [-0.15, -0.1) is 0 Å². The SMILES string of the molecule is CCCC(CC(=O)NC1CCC(O)CC1)n1ccnc1. The lowest BCUT2D eigenvalue weighted by Crippen LogP contribution is -2.39. The zero-order valence-corrected chi connectivity index (χ0v) is 12.2. The molecule has 5 heteroatoms. The minimum absolute atomic E-state index is 0.110. The number of carbonyl (C=O) groups excluding carboxylic acids is 1. The molecule has 0 saturated heterocycles. The molecular formula is C15H25N3O2. The zero-order valence-electron chi connectivity index (χ0n) is 12.2. The molecule has 2 rings (SSSR count). The molecule has 20 heavy (non-hydrogen) atoms. The number of hydrogen-bond acceptors (Lipinski definition) is 3. The number of aliphatic hydroxyl groups is 1. The Hall–Kier alpha value is -1.36. The topological polar surface area (TPSA) is 67.2 Å². The van der Waals surface area contributed by atoms with Gasteiger partial charge in [-0.25, -0.2) is 4.98 Å². The van der Waals surface area contributed by atoms with Crippen molar-refractivity contribution in [3.8, 4) is 0 Å². The normalized spacial score (nSPS) is 24.3. The van der Waals surface area contributed by atoms with E-state index in [-0.39, 0.29) is 24.1 Å². The first kappa shape index (κ1) is 15.0. The molecule has 0 aliphatic heterocycles. The smallest absolute Gasteiger partial charge is 0.222 e. The van der Waals surface area contributed by atoms with Crippen molar-refractivity contribution in [3.63, 3.8) is 0 Å². The third-order valence-corrected chi connectivity index (χ3v) is 4.05. The quantitative estimate of drug-likeness (QED) is 0.837. The maximum Gasteiger partial charge on any atom is 0.222 e. The van der Waals surface area contributed by atoms with Crippen LogP contribution < -0.4 is 5.32 Å². The monoisotopic (exact) mass is 279 g/mol. The van der Waals surface area contributed by atoms with Crippen LogP contribution in [0.2, 0.25) is 0 Å². The van der Waals surface area contributed by atoms with Gasteiger partial charge in [0, 0.05) is 30.9 Å². The minimum Gasteiger partial charge on any atom is -0.393 e. The summed E-state index contributed by atoms with van der Waals surface area (Å²) in [6, 6.07) is 0.424. The van der Waals surface area contributed by atoms with Crippen molar-refractivity contribution in [1.29, 1.82) is 0 Å². The number of aromatic nitrogens is 2. The second kappa shape index (κ2) is 7.43. The number of rotatable bonds is 6. The second-order valence-corrected chi connectivity index (χ2v) is 5.73. The van der Waals surface area contributed by atoms with E-state index in [1.54, 1.807) is 12.5 Å². The minimum atomic E-state index is -0.179. The van der Waals surface area contributed by atoms with E-state index in [9.17, 15) is 9.90 Å². The van der Waals surface area contributed by atoms with Crippen LogP contribution in [0, 0.1) is 0 Å². The van der Waals surface area contributed by atoms with Crippen LogP contribution in [0.3, 0.4) is 0 Å². The largest absolute Gasteiger partial charge is 0.393 e. The van der Waals surface area contributed by atoms with Crippen molar-refractivity contribution in [2.24, 2.45) is 0 Å². The molecule has 1 aliphatic carbocycles. The highest BCUT2D eigenvalue weighted by Gasteiger charge is 2.22. The van der Waals surface area contributed by atoms with Crippen molar-refractivity contribution in [3.05, 3.63) is 18.7 Å². The molecule has 2 N–H and O–H groups in total. The number of aliphatic hydroxyl groups excluding tert-OH is 1. The van der Waals surface area contributed by atoms with E-state index in [2.05, 4.69) is 17.2 Å². The molecule has 1 saturated carbocycles. The van der Waals surface area contributed by atoms with Crippen LogP contribution in [0.5, 0.6) is 0 Å². The van der Waals surface area contributed by atoms with Gasteiger partial charge in [-0.2, -0.15) is 0 Å². The van der Waals surface area contributed by atoms with Gasteiger partial charge in [0.25, 0.3) is 0 Å². The van der Waals surface area contributed by atoms with E-state index in [0.29, 0.717) is 6.42 Å². The van der Waals surface area contributed by atoms with Gasteiger partial charge in [-0.1, -0.05) is 13.3 Å². The second-order valence-electron chi connectivity index (χ2n) is 5.73. The van der Waals surface area contributed by atoms with E-state index >= 15 is 0 Å². The number of nitrogens with zero attached hydrogens (tertiary/aromatic N) is 2. The third kappa shape index (κ3) is 4.34. The number of hydrogen-bond donors (Lipinski definition) is 2. The van der Waals surface area contributed by atoms with Crippen molar-refractivity contribution >= 4 is 5.91 Å². The molecule has 1 amide bonds. The van der Waals surface area contributed by atoms with Crippen LogP contribution in [0.25, 0.3) is 0 Å². The van der Waals surface area contributed by atoms with E-state index in [4.69, 9.17) is 0 Å². The molecule has 5 nitrogen and oxygen atoms in total. The molecule has 1 atom stereocenters.